The molecule has 1 N–H and O–H groups in total. The number of nitrogens with zero attached hydrogens (tertiary/aromatic N) is 1. The second-order valence-corrected chi connectivity index (χ2v) is 7.96. The molecule has 0 radical (unpaired) electrons. The lowest BCUT2D eigenvalue weighted by Crippen LogP contribution is -2.29. The zero-order chi connectivity index (χ0) is 22.9. The van der Waals surface area contributed by atoms with Crippen LogP contribution in [0.25, 0.3) is 5.76 Å². The molecule has 33 heavy (non-hydrogen) atoms. The van der Waals surface area contributed by atoms with Crippen molar-refractivity contribution in [3.8, 4) is 11.5 Å². The van der Waals surface area contributed by atoms with Crippen molar-refractivity contribution in [3.63, 3.8) is 0 Å². The Morgan fingerprint density at radius 3 is 2.33 bits per heavy atom. The first kappa shape index (κ1) is 20.8. The van der Waals surface area contributed by atoms with Crippen molar-refractivity contribution in [1.82, 2.24) is 0 Å². The van der Waals surface area contributed by atoms with E-state index in [0.29, 0.717) is 36.0 Å². The van der Waals surface area contributed by atoms with Gasteiger partial charge in [0.05, 0.1) is 11.6 Å². The summed E-state index contributed by atoms with van der Waals surface area (Å²) in [6.07, 6.45) is 0.866. The minimum Gasteiger partial charge on any atom is -0.507 e. The van der Waals surface area contributed by atoms with Crippen molar-refractivity contribution in [3.05, 3.63) is 95.1 Å². The number of hydrogen-bond donors (Lipinski definition) is 1. The van der Waals surface area contributed by atoms with E-state index in [2.05, 4.69) is 6.92 Å². The summed E-state index contributed by atoms with van der Waals surface area (Å²) in [7, 11) is 0. The Balaban J connectivity index is 1.66. The number of ketones is 1. The van der Waals surface area contributed by atoms with Crippen LogP contribution in [-0.4, -0.2) is 30.0 Å². The predicted molar refractivity (Wildman–Crippen MR) is 124 cm³/mol. The molecule has 2 aliphatic heterocycles. The Morgan fingerprint density at radius 1 is 0.939 bits per heavy atom. The van der Waals surface area contributed by atoms with Gasteiger partial charge in [0.15, 0.2) is 11.5 Å². The highest BCUT2D eigenvalue weighted by atomic mass is 16.6. The van der Waals surface area contributed by atoms with Gasteiger partial charge in [-0.1, -0.05) is 49.4 Å². The molecule has 3 aromatic carbocycles. The fourth-order valence-corrected chi connectivity index (χ4v) is 4.29. The van der Waals surface area contributed by atoms with Gasteiger partial charge in [-0.3, -0.25) is 14.5 Å². The van der Waals surface area contributed by atoms with Gasteiger partial charge >= 0.3 is 0 Å². The monoisotopic (exact) mass is 441 g/mol. The first-order valence-corrected chi connectivity index (χ1v) is 10.9. The molecule has 1 amide bonds. The number of ether oxygens (including phenoxy) is 2. The number of carbonyl (C=O) groups excluding carboxylic acids is 2. The molecule has 6 heteroatoms. The van der Waals surface area contributed by atoms with Crippen LogP contribution < -0.4 is 14.4 Å². The third-order valence-corrected chi connectivity index (χ3v) is 6.00. The van der Waals surface area contributed by atoms with Gasteiger partial charge in [0, 0.05) is 11.3 Å². The molecule has 0 aliphatic carbocycles. The van der Waals surface area contributed by atoms with E-state index >= 15 is 0 Å². The summed E-state index contributed by atoms with van der Waals surface area (Å²) >= 11 is 0. The van der Waals surface area contributed by atoms with E-state index in [4.69, 9.17) is 9.47 Å². The molecule has 1 saturated heterocycles. The normalized spacial score (nSPS) is 19.1. The molecule has 5 rings (SSSR count). The van der Waals surface area contributed by atoms with E-state index in [0.717, 1.165) is 17.5 Å². The van der Waals surface area contributed by atoms with Gasteiger partial charge in [-0.2, -0.15) is 0 Å². The van der Waals surface area contributed by atoms with E-state index in [-0.39, 0.29) is 11.3 Å². The minimum atomic E-state index is -0.758. The quantitative estimate of drug-likeness (QED) is 0.362. The molecular formula is C27H23NO5. The van der Waals surface area contributed by atoms with Crippen LogP contribution in [0.2, 0.25) is 0 Å². The maximum Gasteiger partial charge on any atom is 0.300 e. The van der Waals surface area contributed by atoms with Crippen LogP contribution in [0, 0.1) is 0 Å². The van der Waals surface area contributed by atoms with Crippen LogP contribution in [0.4, 0.5) is 5.69 Å². The Labute approximate surface area is 191 Å². The summed E-state index contributed by atoms with van der Waals surface area (Å²) in [5.41, 5.74) is 2.89. The molecule has 3 aromatic rings. The predicted octanol–water partition coefficient (Wildman–Crippen LogP) is 4.65. The number of fused-ring (bicyclic) bond motifs is 1. The van der Waals surface area contributed by atoms with Crippen LogP contribution in [0.15, 0.2) is 78.4 Å². The van der Waals surface area contributed by atoms with Crippen molar-refractivity contribution < 1.29 is 24.2 Å². The molecule has 1 unspecified atom stereocenters. The zero-order valence-electron chi connectivity index (χ0n) is 18.2. The summed E-state index contributed by atoms with van der Waals surface area (Å²) in [4.78, 5) is 27.9. The number of carbonyl (C=O) groups is 2. The first-order chi connectivity index (χ1) is 16.1. The SMILES string of the molecule is CCc1ccc(N2C(=O)C(=O)/C(=C(\O)c3ccc4c(c3)OCCO4)C2c2ccccc2)cc1. The van der Waals surface area contributed by atoms with Gasteiger partial charge in [0.1, 0.15) is 19.0 Å². The number of rotatable bonds is 4. The van der Waals surface area contributed by atoms with Gasteiger partial charge < -0.3 is 14.6 Å². The molecular weight excluding hydrogens is 418 g/mol. The molecule has 0 aromatic heterocycles. The summed E-state index contributed by atoms with van der Waals surface area (Å²) in [5.74, 6) is -0.574. The Kier molecular flexibility index (Phi) is 5.34. The van der Waals surface area contributed by atoms with Crippen molar-refractivity contribution in [2.24, 2.45) is 0 Å². The smallest absolute Gasteiger partial charge is 0.300 e. The van der Waals surface area contributed by atoms with Crippen LogP contribution in [0.1, 0.15) is 29.7 Å². The molecule has 6 nitrogen and oxygen atoms in total. The van der Waals surface area contributed by atoms with Gasteiger partial charge in [0.2, 0.25) is 0 Å². The van der Waals surface area contributed by atoms with E-state index in [1.54, 1.807) is 18.2 Å². The number of anilines is 1. The van der Waals surface area contributed by atoms with Crippen molar-refractivity contribution >= 4 is 23.1 Å². The summed E-state index contributed by atoms with van der Waals surface area (Å²) in [5, 5.41) is 11.3. The number of aliphatic hydroxyl groups is 1. The average Bonchev–Trinajstić information content (AvgIpc) is 3.14. The number of benzene rings is 3. The van der Waals surface area contributed by atoms with Crippen LogP contribution in [0.3, 0.4) is 0 Å². The Morgan fingerprint density at radius 2 is 1.64 bits per heavy atom. The third-order valence-electron chi connectivity index (χ3n) is 6.00. The maximum atomic E-state index is 13.2. The molecule has 2 heterocycles. The lowest BCUT2D eigenvalue weighted by molar-refractivity contribution is -0.132. The van der Waals surface area contributed by atoms with Crippen molar-refractivity contribution in [2.75, 3.05) is 18.1 Å². The first-order valence-electron chi connectivity index (χ1n) is 10.9. The van der Waals surface area contributed by atoms with Gasteiger partial charge in [-0.25, -0.2) is 0 Å². The van der Waals surface area contributed by atoms with Crippen LogP contribution in [0.5, 0.6) is 11.5 Å². The van der Waals surface area contributed by atoms with E-state index < -0.39 is 17.7 Å². The Hall–Kier alpha value is -4.06. The number of aliphatic hydroxyl groups excluding tert-OH is 1. The Bertz CT molecular complexity index is 1250. The minimum absolute atomic E-state index is 0.0439. The number of Topliss-reactive ketones (excluding diaryl/α,β-unsaturated/α-hetero) is 1. The average molecular weight is 441 g/mol. The fraction of sp³-hybridized carbons (Fsp3) is 0.185. The fourth-order valence-electron chi connectivity index (χ4n) is 4.29. The topological polar surface area (TPSA) is 76.1 Å². The lowest BCUT2D eigenvalue weighted by Gasteiger charge is -2.25. The highest BCUT2D eigenvalue weighted by Gasteiger charge is 2.47. The van der Waals surface area contributed by atoms with Crippen LogP contribution >= 0.6 is 0 Å². The highest BCUT2D eigenvalue weighted by molar-refractivity contribution is 6.51. The largest absolute Gasteiger partial charge is 0.507 e. The molecule has 0 spiro atoms. The van der Waals surface area contributed by atoms with E-state index in [1.807, 2.05) is 54.6 Å². The second-order valence-electron chi connectivity index (χ2n) is 7.96. The number of aryl methyl sites for hydroxylation is 1. The lowest BCUT2D eigenvalue weighted by atomic mass is 9.95. The molecule has 0 saturated carbocycles. The third kappa shape index (κ3) is 3.63. The summed E-state index contributed by atoms with van der Waals surface area (Å²) < 4.78 is 11.2. The maximum absolute atomic E-state index is 13.2. The van der Waals surface area contributed by atoms with E-state index in [1.165, 1.54) is 4.90 Å². The molecule has 1 atom stereocenters. The number of amides is 1. The summed E-state index contributed by atoms with van der Waals surface area (Å²) in [6, 6.07) is 21.0. The van der Waals surface area contributed by atoms with Crippen molar-refractivity contribution in [2.45, 2.75) is 19.4 Å². The molecule has 166 valence electrons. The van der Waals surface area contributed by atoms with Gasteiger partial charge in [-0.05, 0) is 47.9 Å². The van der Waals surface area contributed by atoms with Gasteiger partial charge in [-0.15, -0.1) is 0 Å². The zero-order valence-corrected chi connectivity index (χ0v) is 18.2. The highest BCUT2D eigenvalue weighted by Crippen LogP contribution is 2.43. The van der Waals surface area contributed by atoms with Crippen LogP contribution in [-0.2, 0) is 16.0 Å². The number of hydrogen-bond acceptors (Lipinski definition) is 5. The van der Waals surface area contributed by atoms with Crippen molar-refractivity contribution in [1.29, 1.82) is 0 Å². The molecule has 1 fully saturated rings. The van der Waals surface area contributed by atoms with Gasteiger partial charge in [0.25, 0.3) is 11.7 Å². The second kappa shape index (κ2) is 8.47. The van der Waals surface area contributed by atoms with E-state index in [9.17, 15) is 14.7 Å². The summed E-state index contributed by atoms with van der Waals surface area (Å²) in [6.45, 7) is 2.91. The molecule has 0 bridgehead atoms. The molecule has 2 aliphatic rings. The standard InChI is InChI=1S/C27H23NO5/c1-2-17-8-11-20(12-9-17)28-24(18-6-4-3-5-7-18)23(26(30)27(28)31)25(29)19-10-13-21-22(16-19)33-15-14-32-21/h3-13,16,24,29H,2,14-15H2,1H3/b25-23-.